The average molecular weight is 366 g/mol. The Morgan fingerprint density at radius 1 is 0.643 bits per heavy atom. The van der Waals surface area contributed by atoms with Crippen LogP contribution in [-0.4, -0.2) is 11.8 Å². The van der Waals surface area contributed by atoms with Crippen LogP contribution in [0.25, 0.3) is 43.1 Å². The first-order valence-electron chi connectivity index (χ1n) is 9.13. The Hall–Kier alpha value is -3.66. The zero-order chi connectivity index (χ0) is 19.7. The summed E-state index contributed by atoms with van der Waals surface area (Å²) in [4.78, 5) is 24.9. The van der Waals surface area contributed by atoms with Crippen molar-refractivity contribution in [2.45, 2.75) is 13.8 Å². The average Bonchev–Trinajstić information content (AvgIpc) is 2.66. The van der Waals surface area contributed by atoms with Gasteiger partial charge in [0, 0.05) is 5.39 Å². The molecule has 4 nitrogen and oxygen atoms in total. The summed E-state index contributed by atoms with van der Waals surface area (Å²) in [6.45, 7) is 3.84. The fraction of sp³-hybridized carbons (Fsp3) is 0.0833. The smallest absolute Gasteiger partial charge is 0.250 e. The highest BCUT2D eigenvalue weighted by Crippen LogP contribution is 2.44. The standard InChI is InChI=1S/C24H18N2O2/c1-11-9-10-15-14-7-3-5-13-6-4-8-16(19(13)14)21-20(15)17(11)12(2)18(23(25)27)22(21)24(26)28/h3-10H,1-2H3,(H2,25,27)(H2,26,28). The maximum Gasteiger partial charge on any atom is 0.250 e. The molecule has 5 aromatic rings. The summed E-state index contributed by atoms with van der Waals surface area (Å²) in [6, 6.07) is 16.3. The number of hydrogen-bond acceptors (Lipinski definition) is 2. The molecule has 4 N–H and O–H groups in total. The molecule has 0 aliphatic rings. The van der Waals surface area contributed by atoms with Crippen LogP contribution < -0.4 is 11.5 Å². The fourth-order valence-electron chi connectivity index (χ4n) is 4.83. The highest BCUT2D eigenvalue weighted by Gasteiger charge is 2.26. The number of benzene rings is 5. The first-order valence-corrected chi connectivity index (χ1v) is 9.13. The highest BCUT2D eigenvalue weighted by atomic mass is 16.2. The molecule has 0 aliphatic carbocycles. The Bertz CT molecular complexity index is 1480. The van der Waals surface area contributed by atoms with Gasteiger partial charge in [0.25, 0.3) is 0 Å². The lowest BCUT2D eigenvalue weighted by atomic mass is 9.82. The molecule has 0 fully saturated rings. The normalized spacial score (nSPS) is 11.8. The monoisotopic (exact) mass is 366 g/mol. The highest BCUT2D eigenvalue weighted by molar-refractivity contribution is 6.38. The fourth-order valence-corrected chi connectivity index (χ4v) is 4.83. The van der Waals surface area contributed by atoms with Crippen LogP contribution in [0, 0.1) is 13.8 Å². The largest absolute Gasteiger partial charge is 0.366 e. The second-order valence-corrected chi connectivity index (χ2v) is 7.37. The van der Waals surface area contributed by atoms with Gasteiger partial charge in [0.05, 0.1) is 11.1 Å². The van der Waals surface area contributed by atoms with Crippen molar-refractivity contribution in [2.24, 2.45) is 11.5 Å². The van der Waals surface area contributed by atoms with Crippen molar-refractivity contribution in [1.82, 2.24) is 0 Å². The maximum atomic E-state index is 12.6. The molecule has 136 valence electrons. The van der Waals surface area contributed by atoms with E-state index in [9.17, 15) is 9.59 Å². The van der Waals surface area contributed by atoms with Crippen LogP contribution in [0.4, 0.5) is 0 Å². The lowest BCUT2D eigenvalue weighted by Crippen LogP contribution is -2.23. The Kier molecular flexibility index (Phi) is 3.20. The molecule has 0 heterocycles. The second-order valence-electron chi connectivity index (χ2n) is 7.37. The number of nitrogens with two attached hydrogens (primary N) is 2. The molecule has 0 atom stereocenters. The van der Waals surface area contributed by atoms with Crippen LogP contribution in [0.1, 0.15) is 31.8 Å². The van der Waals surface area contributed by atoms with Gasteiger partial charge >= 0.3 is 0 Å². The van der Waals surface area contributed by atoms with Crippen molar-refractivity contribution in [1.29, 1.82) is 0 Å². The van der Waals surface area contributed by atoms with Crippen LogP contribution >= 0.6 is 0 Å². The molecule has 28 heavy (non-hydrogen) atoms. The predicted molar refractivity (Wildman–Crippen MR) is 114 cm³/mol. The zero-order valence-electron chi connectivity index (χ0n) is 15.6. The van der Waals surface area contributed by atoms with Crippen LogP contribution in [0.5, 0.6) is 0 Å². The molecule has 4 heteroatoms. The lowest BCUT2D eigenvalue weighted by molar-refractivity contribution is 0.0968. The van der Waals surface area contributed by atoms with Gasteiger partial charge in [-0.2, -0.15) is 0 Å². The van der Waals surface area contributed by atoms with Crippen molar-refractivity contribution in [2.75, 3.05) is 0 Å². The van der Waals surface area contributed by atoms with Crippen LogP contribution in [0.2, 0.25) is 0 Å². The minimum atomic E-state index is -0.641. The zero-order valence-corrected chi connectivity index (χ0v) is 15.6. The Labute approximate surface area is 161 Å². The van der Waals surface area contributed by atoms with Crippen molar-refractivity contribution < 1.29 is 9.59 Å². The molecule has 2 amide bonds. The number of primary amides is 2. The minimum Gasteiger partial charge on any atom is -0.366 e. The number of amides is 2. The molecule has 5 aromatic carbocycles. The molecule has 0 saturated heterocycles. The van der Waals surface area contributed by atoms with Gasteiger partial charge < -0.3 is 11.5 Å². The molecule has 5 rings (SSSR count). The first kappa shape index (κ1) is 16.5. The van der Waals surface area contributed by atoms with E-state index in [2.05, 4.69) is 18.2 Å². The van der Waals surface area contributed by atoms with Crippen molar-refractivity contribution >= 4 is 54.9 Å². The summed E-state index contributed by atoms with van der Waals surface area (Å²) in [6.07, 6.45) is 0. The van der Waals surface area contributed by atoms with E-state index in [1.165, 1.54) is 0 Å². The number of fused-ring (bicyclic) bond motifs is 2. The number of aryl methyl sites for hydroxylation is 2. The van der Waals surface area contributed by atoms with E-state index in [0.29, 0.717) is 10.9 Å². The van der Waals surface area contributed by atoms with E-state index in [0.717, 1.165) is 43.3 Å². The molecule has 0 saturated carbocycles. The molecule has 0 spiro atoms. The summed E-state index contributed by atoms with van der Waals surface area (Å²) in [5.41, 5.74) is 13.7. The van der Waals surface area contributed by atoms with E-state index < -0.39 is 11.8 Å². The summed E-state index contributed by atoms with van der Waals surface area (Å²) in [5.74, 6) is -1.28. The van der Waals surface area contributed by atoms with Crippen molar-refractivity contribution in [3.8, 4) is 0 Å². The molecule has 0 bridgehead atoms. The first-order chi connectivity index (χ1) is 13.4. The van der Waals surface area contributed by atoms with Crippen LogP contribution in [0.15, 0.2) is 48.5 Å². The van der Waals surface area contributed by atoms with E-state index in [1.54, 1.807) is 0 Å². The molecule has 0 aliphatic heterocycles. The SMILES string of the molecule is Cc1ccc2c3cccc4cccc(c5c(C(N)=O)c(C(N)=O)c(C)c1c25)c43. The van der Waals surface area contributed by atoms with Gasteiger partial charge in [-0.3, -0.25) is 9.59 Å². The molecule has 0 radical (unpaired) electrons. The quantitative estimate of drug-likeness (QED) is 0.355. The number of carbonyl (C=O) groups excluding carboxylic acids is 2. The lowest BCUT2D eigenvalue weighted by Gasteiger charge is -2.21. The minimum absolute atomic E-state index is 0.214. The Morgan fingerprint density at radius 3 is 1.89 bits per heavy atom. The van der Waals surface area contributed by atoms with Gasteiger partial charge in [0.15, 0.2) is 0 Å². The second kappa shape index (κ2) is 5.42. The summed E-state index contributed by atoms with van der Waals surface area (Å²) in [7, 11) is 0. The Morgan fingerprint density at radius 2 is 1.25 bits per heavy atom. The van der Waals surface area contributed by atoms with Gasteiger partial charge in [-0.25, -0.2) is 0 Å². The molecular weight excluding hydrogens is 348 g/mol. The number of carbonyl (C=O) groups is 2. The summed E-state index contributed by atoms with van der Waals surface area (Å²) >= 11 is 0. The third-order valence-corrected chi connectivity index (χ3v) is 5.87. The third-order valence-electron chi connectivity index (χ3n) is 5.87. The summed E-state index contributed by atoms with van der Waals surface area (Å²) in [5, 5.41) is 7.84. The van der Waals surface area contributed by atoms with E-state index in [-0.39, 0.29) is 11.1 Å². The van der Waals surface area contributed by atoms with E-state index in [1.807, 2.05) is 44.2 Å². The van der Waals surface area contributed by atoms with Crippen LogP contribution in [0.3, 0.4) is 0 Å². The van der Waals surface area contributed by atoms with Gasteiger partial charge in [-0.1, -0.05) is 48.5 Å². The number of hydrogen-bond donors (Lipinski definition) is 2. The molecule has 0 aromatic heterocycles. The van der Waals surface area contributed by atoms with Gasteiger partial charge in [0.1, 0.15) is 0 Å². The number of rotatable bonds is 2. The van der Waals surface area contributed by atoms with Crippen LogP contribution in [-0.2, 0) is 0 Å². The maximum absolute atomic E-state index is 12.6. The van der Waals surface area contributed by atoms with E-state index >= 15 is 0 Å². The molecule has 0 unspecified atom stereocenters. The third kappa shape index (κ3) is 1.89. The van der Waals surface area contributed by atoms with Crippen molar-refractivity contribution in [3.63, 3.8) is 0 Å². The molecular formula is C24H18N2O2. The topological polar surface area (TPSA) is 86.2 Å². The van der Waals surface area contributed by atoms with Crippen molar-refractivity contribution in [3.05, 3.63) is 70.8 Å². The van der Waals surface area contributed by atoms with Gasteiger partial charge in [-0.05, 0) is 62.7 Å². The van der Waals surface area contributed by atoms with E-state index in [4.69, 9.17) is 11.5 Å². The van der Waals surface area contributed by atoms with Gasteiger partial charge in [0.2, 0.25) is 11.8 Å². The van der Waals surface area contributed by atoms with Gasteiger partial charge in [-0.15, -0.1) is 0 Å². The predicted octanol–water partition coefficient (Wildman–Crippen LogP) is 4.55. The summed E-state index contributed by atoms with van der Waals surface area (Å²) < 4.78 is 0. The Balaban J connectivity index is 2.31.